The number of aromatic carboxylic acids is 1. The Hall–Kier alpha value is -3.80. The molecule has 1 saturated heterocycles. The van der Waals surface area contributed by atoms with Crippen molar-refractivity contribution in [3.63, 3.8) is 0 Å². The Bertz CT molecular complexity index is 1490. The fourth-order valence-corrected chi connectivity index (χ4v) is 5.58. The summed E-state index contributed by atoms with van der Waals surface area (Å²) in [6, 6.07) is 6.50. The number of fused-ring (bicyclic) bond motifs is 3. The van der Waals surface area contributed by atoms with E-state index >= 15 is 4.39 Å². The number of nitrogens with zero attached hydrogens (tertiary/aromatic N) is 4. The van der Waals surface area contributed by atoms with E-state index in [-0.39, 0.29) is 53.9 Å². The molecule has 1 amide bonds. The van der Waals surface area contributed by atoms with Crippen LogP contribution in [0.25, 0.3) is 10.9 Å². The third kappa shape index (κ3) is 3.24. The average Bonchev–Trinajstić information content (AvgIpc) is 2.80. The fourth-order valence-electron chi connectivity index (χ4n) is 4.42. The van der Waals surface area contributed by atoms with E-state index in [1.54, 1.807) is 15.5 Å². The Balaban J connectivity index is 1.46. The molecule has 0 saturated carbocycles. The zero-order valence-electron chi connectivity index (χ0n) is 17.9. The highest BCUT2D eigenvalue weighted by Crippen LogP contribution is 2.46. The van der Waals surface area contributed by atoms with E-state index in [0.29, 0.717) is 15.3 Å². The Morgan fingerprint density at radius 1 is 1.12 bits per heavy atom. The lowest BCUT2D eigenvalue weighted by atomic mass is 10.1. The molecule has 0 spiro atoms. The lowest BCUT2D eigenvalue weighted by molar-refractivity contribution is 0.0677. The number of hydrogen-bond donors (Lipinski definition) is 2. The average molecular weight is 486 g/mol. The quantitative estimate of drug-likeness (QED) is 0.537. The summed E-state index contributed by atoms with van der Waals surface area (Å²) in [7, 11) is 0. The lowest BCUT2D eigenvalue weighted by Gasteiger charge is -2.37. The van der Waals surface area contributed by atoms with Gasteiger partial charge < -0.3 is 24.7 Å². The number of anilines is 1. The van der Waals surface area contributed by atoms with Gasteiger partial charge in [-0.3, -0.25) is 14.4 Å². The molecular weight excluding hydrogens is 467 g/mol. The lowest BCUT2D eigenvalue weighted by Crippen LogP contribution is -2.49. The Kier molecular flexibility index (Phi) is 5.12. The topological polar surface area (TPSA) is 125 Å². The molecule has 1 fully saturated rings. The molecular formula is C22H19FN4O6S. The second-order valence-electron chi connectivity index (χ2n) is 8.06. The van der Waals surface area contributed by atoms with Gasteiger partial charge in [-0.15, -0.1) is 4.73 Å². The van der Waals surface area contributed by atoms with E-state index in [9.17, 15) is 29.5 Å². The van der Waals surface area contributed by atoms with Crippen LogP contribution in [0.4, 0.5) is 10.1 Å². The van der Waals surface area contributed by atoms with Crippen molar-refractivity contribution in [2.75, 3.05) is 31.1 Å². The summed E-state index contributed by atoms with van der Waals surface area (Å²) in [5, 5.41) is 19.6. The molecule has 4 heterocycles. The number of rotatable bonds is 3. The van der Waals surface area contributed by atoms with Gasteiger partial charge in [0.05, 0.1) is 21.6 Å². The van der Waals surface area contributed by atoms with Gasteiger partial charge in [0.25, 0.3) is 11.5 Å². The standard InChI is InChI=1S/C22H19FN4O6S/c1-11-26-15-10-16(13(23)9-12(15)19(29)18(22(31)32)21(26)34-11)24-5-7-25(8-6-24)20(30)14-3-2-4-17(28)27(14)33/h2-4,9-11,33H,5-8H2,1H3,(H,31,32). The third-order valence-electron chi connectivity index (χ3n) is 6.15. The SMILES string of the molecule is CC1Sc2c(C(=O)O)c(=O)c3cc(F)c(N4CCN(C(=O)c5cccc(=O)n5O)CC4)cc3n21. The van der Waals surface area contributed by atoms with Gasteiger partial charge in [-0.2, -0.15) is 0 Å². The fraction of sp³-hybridized carbons (Fsp3) is 0.273. The van der Waals surface area contributed by atoms with Crippen LogP contribution < -0.4 is 15.9 Å². The summed E-state index contributed by atoms with van der Waals surface area (Å²) in [4.78, 5) is 51.9. The van der Waals surface area contributed by atoms with Crippen molar-refractivity contribution >= 4 is 40.2 Å². The van der Waals surface area contributed by atoms with Gasteiger partial charge in [0, 0.05) is 37.6 Å². The first-order chi connectivity index (χ1) is 16.2. The van der Waals surface area contributed by atoms with Crippen LogP contribution in [0.2, 0.25) is 0 Å². The zero-order chi connectivity index (χ0) is 24.3. The molecule has 2 aliphatic heterocycles. The largest absolute Gasteiger partial charge is 0.477 e. The maximum absolute atomic E-state index is 15.1. The molecule has 0 bridgehead atoms. The summed E-state index contributed by atoms with van der Waals surface area (Å²) >= 11 is 1.27. The number of carbonyl (C=O) groups is 2. The Morgan fingerprint density at radius 3 is 2.47 bits per heavy atom. The predicted octanol–water partition coefficient (Wildman–Crippen LogP) is 1.82. The normalized spacial score (nSPS) is 17.4. The van der Waals surface area contributed by atoms with Crippen molar-refractivity contribution in [2.24, 2.45) is 0 Å². The summed E-state index contributed by atoms with van der Waals surface area (Å²) in [6.45, 7) is 2.88. The maximum atomic E-state index is 15.1. The van der Waals surface area contributed by atoms with E-state index < -0.39 is 28.7 Å². The number of amides is 1. The molecule has 5 rings (SSSR count). The molecule has 3 aromatic rings. The minimum Gasteiger partial charge on any atom is -0.477 e. The smallest absolute Gasteiger partial charge is 0.342 e. The van der Waals surface area contributed by atoms with Gasteiger partial charge in [-0.05, 0) is 25.1 Å². The van der Waals surface area contributed by atoms with Crippen molar-refractivity contribution in [2.45, 2.75) is 17.3 Å². The Morgan fingerprint density at radius 2 is 1.82 bits per heavy atom. The van der Waals surface area contributed by atoms with Crippen LogP contribution in [0, 0.1) is 5.82 Å². The molecule has 2 N–H and O–H groups in total. The van der Waals surface area contributed by atoms with E-state index in [4.69, 9.17) is 0 Å². The van der Waals surface area contributed by atoms with Gasteiger partial charge >= 0.3 is 5.97 Å². The van der Waals surface area contributed by atoms with Crippen LogP contribution in [0.15, 0.2) is 44.9 Å². The van der Waals surface area contributed by atoms with Crippen LogP contribution in [-0.4, -0.2) is 62.6 Å². The van der Waals surface area contributed by atoms with Crippen molar-refractivity contribution in [3.05, 3.63) is 68.0 Å². The van der Waals surface area contributed by atoms with Gasteiger partial charge in [0.2, 0.25) is 5.43 Å². The number of hydrogen-bond acceptors (Lipinski definition) is 7. The zero-order valence-corrected chi connectivity index (χ0v) is 18.7. The summed E-state index contributed by atoms with van der Waals surface area (Å²) in [5.74, 6) is -2.51. The summed E-state index contributed by atoms with van der Waals surface area (Å²) in [5.41, 5.74) is -1.23. The third-order valence-corrected chi connectivity index (χ3v) is 7.32. The number of thioether (sulfide) groups is 1. The van der Waals surface area contributed by atoms with Gasteiger partial charge in [0.15, 0.2) is 0 Å². The molecule has 176 valence electrons. The first kappa shape index (κ1) is 22.0. The molecule has 34 heavy (non-hydrogen) atoms. The van der Waals surface area contributed by atoms with Gasteiger partial charge in [-0.1, -0.05) is 17.8 Å². The van der Waals surface area contributed by atoms with Gasteiger partial charge in [-0.25, -0.2) is 9.18 Å². The predicted molar refractivity (Wildman–Crippen MR) is 122 cm³/mol. The van der Waals surface area contributed by atoms with Crippen LogP contribution in [-0.2, 0) is 0 Å². The van der Waals surface area contributed by atoms with Crippen LogP contribution in [0.5, 0.6) is 0 Å². The van der Waals surface area contributed by atoms with E-state index in [1.165, 1.54) is 28.8 Å². The number of carboxylic acids is 1. The highest BCUT2D eigenvalue weighted by Gasteiger charge is 2.34. The first-order valence-electron chi connectivity index (χ1n) is 10.5. The van der Waals surface area contributed by atoms with Crippen LogP contribution in [0.3, 0.4) is 0 Å². The van der Waals surface area contributed by atoms with Crippen LogP contribution in [0.1, 0.15) is 33.1 Å². The van der Waals surface area contributed by atoms with Crippen molar-refractivity contribution in [1.29, 1.82) is 0 Å². The molecule has 1 aromatic carbocycles. The monoisotopic (exact) mass is 486 g/mol. The molecule has 2 aliphatic rings. The summed E-state index contributed by atoms with van der Waals surface area (Å²) in [6.07, 6.45) is 0. The molecule has 10 nitrogen and oxygen atoms in total. The number of aromatic nitrogens is 2. The number of piperazine rings is 1. The second-order valence-corrected chi connectivity index (χ2v) is 9.37. The van der Waals surface area contributed by atoms with Gasteiger partial charge in [0.1, 0.15) is 17.1 Å². The highest BCUT2D eigenvalue weighted by atomic mass is 32.2. The van der Waals surface area contributed by atoms with Crippen LogP contribution >= 0.6 is 11.8 Å². The molecule has 1 atom stereocenters. The molecule has 2 aromatic heterocycles. The maximum Gasteiger partial charge on any atom is 0.342 e. The molecule has 1 unspecified atom stereocenters. The van der Waals surface area contributed by atoms with E-state index in [1.807, 2.05) is 6.92 Å². The highest BCUT2D eigenvalue weighted by molar-refractivity contribution is 8.00. The number of benzene rings is 1. The molecule has 0 radical (unpaired) electrons. The number of carbonyl (C=O) groups excluding carboxylic acids is 1. The summed E-state index contributed by atoms with van der Waals surface area (Å²) < 4.78 is 17.1. The Labute approximate surface area is 195 Å². The number of pyridine rings is 2. The van der Waals surface area contributed by atoms with E-state index in [2.05, 4.69) is 0 Å². The van der Waals surface area contributed by atoms with Crippen molar-refractivity contribution < 1.29 is 24.3 Å². The minimum atomic E-state index is -1.34. The van der Waals surface area contributed by atoms with Crippen molar-refractivity contribution in [1.82, 2.24) is 14.2 Å². The number of halogens is 1. The minimum absolute atomic E-state index is 0.00774. The molecule has 12 heteroatoms. The number of carboxylic acid groups (broad SMARTS) is 1. The van der Waals surface area contributed by atoms with Crippen molar-refractivity contribution in [3.8, 4) is 0 Å². The second kappa shape index (κ2) is 7.90. The van der Waals surface area contributed by atoms with E-state index in [0.717, 1.165) is 12.1 Å². The first-order valence-corrected chi connectivity index (χ1v) is 11.3. The molecule has 0 aliphatic carbocycles.